The Labute approximate surface area is 100 Å². The summed E-state index contributed by atoms with van der Waals surface area (Å²) in [7, 11) is 0. The molecular formula is C13H7F3O2. The second-order valence-electron chi connectivity index (χ2n) is 3.74. The van der Waals surface area contributed by atoms with Crippen molar-refractivity contribution in [2.24, 2.45) is 0 Å². The van der Waals surface area contributed by atoms with E-state index in [-0.39, 0.29) is 11.1 Å². The van der Waals surface area contributed by atoms with Gasteiger partial charge in [-0.15, -0.1) is 0 Å². The van der Waals surface area contributed by atoms with Crippen molar-refractivity contribution in [2.45, 2.75) is 6.18 Å². The number of halogens is 3. The zero-order valence-corrected chi connectivity index (χ0v) is 8.99. The molecule has 2 rings (SSSR count). The first-order chi connectivity index (χ1) is 8.38. The van der Waals surface area contributed by atoms with Crippen molar-refractivity contribution in [3.8, 4) is 0 Å². The Morgan fingerprint density at radius 1 is 1.00 bits per heavy atom. The van der Waals surface area contributed by atoms with Gasteiger partial charge in [0.25, 0.3) is 0 Å². The number of benzene rings is 1. The highest BCUT2D eigenvalue weighted by Crippen LogP contribution is 2.30. The van der Waals surface area contributed by atoms with Crippen molar-refractivity contribution in [1.82, 2.24) is 0 Å². The van der Waals surface area contributed by atoms with Crippen LogP contribution >= 0.6 is 0 Å². The molecule has 0 spiro atoms. The maximum atomic E-state index is 12.5. The van der Waals surface area contributed by atoms with E-state index >= 15 is 0 Å². The maximum Gasteiger partial charge on any atom is 0.416 e. The predicted molar refractivity (Wildman–Crippen MR) is 58.6 cm³/mol. The minimum absolute atomic E-state index is 0.116. The molecule has 18 heavy (non-hydrogen) atoms. The largest absolute Gasteiger partial charge is 0.416 e. The molecule has 0 saturated carbocycles. The third-order valence-electron chi connectivity index (χ3n) is 2.44. The molecule has 1 aliphatic rings. The second kappa shape index (κ2) is 4.25. The third-order valence-corrected chi connectivity index (χ3v) is 2.44. The first-order valence-electron chi connectivity index (χ1n) is 5.03. The number of ketones is 2. The number of carbonyl (C=O) groups excluding carboxylic acids is 2. The van der Waals surface area contributed by atoms with Crippen LogP contribution in [0, 0.1) is 0 Å². The van der Waals surface area contributed by atoms with Crippen LogP contribution in [0.25, 0.3) is 6.08 Å². The number of carbonyl (C=O) groups is 2. The molecule has 1 aliphatic carbocycles. The van der Waals surface area contributed by atoms with Crippen LogP contribution in [0.1, 0.15) is 11.1 Å². The topological polar surface area (TPSA) is 34.1 Å². The lowest BCUT2D eigenvalue weighted by atomic mass is 10.1. The Balaban J connectivity index is 2.39. The van der Waals surface area contributed by atoms with E-state index < -0.39 is 23.3 Å². The zero-order valence-electron chi connectivity index (χ0n) is 8.99. The molecule has 0 radical (unpaired) electrons. The molecule has 0 N–H and O–H groups in total. The van der Waals surface area contributed by atoms with Crippen molar-refractivity contribution in [2.75, 3.05) is 0 Å². The molecule has 0 aliphatic heterocycles. The Kier molecular flexibility index (Phi) is 2.90. The van der Waals surface area contributed by atoms with Gasteiger partial charge in [0.15, 0.2) is 11.6 Å². The molecule has 5 heteroatoms. The molecule has 1 aromatic carbocycles. The minimum atomic E-state index is -4.45. The number of hydrogen-bond donors (Lipinski definition) is 0. The van der Waals surface area contributed by atoms with Crippen LogP contribution in [-0.4, -0.2) is 11.6 Å². The summed E-state index contributed by atoms with van der Waals surface area (Å²) >= 11 is 0. The average molecular weight is 252 g/mol. The summed E-state index contributed by atoms with van der Waals surface area (Å²) in [5.41, 5.74) is -0.762. The van der Waals surface area contributed by atoms with E-state index in [0.717, 1.165) is 24.3 Å². The highest BCUT2D eigenvalue weighted by Gasteiger charge is 2.30. The van der Waals surface area contributed by atoms with Gasteiger partial charge in [-0.2, -0.15) is 13.2 Å². The number of hydrogen-bond acceptors (Lipinski definition) is 2. The smallest absolute Gasteiger partial charge is 0.289 e. The number of rotatable bonds is 1. The zero-order chi connectivity index (χ0) is 13.3. The molecule has 2 nitrogen and oxygen atoms in total. The lowest BCUT2D eigenvalue weighted by Gasteiger charge is -2.06. The molecule has 0 bridgehead atoms. The third kappa shape index (κ3) is 2.40. The van der Waals surface area contributed by atoms with Gasteiger partial charge in [0.1, 0.15) is 0 Å². The lowest BCUT2D eigenvalue weighted by molar-refractivity contribution is -0.137. The van der Waals surface area contributed by atoms with Gasteiger partial charge < -0.3 is 0 Å². The van der Waals surface area contributed by atoms with Crippen LogP contribution in [0.15, 0.2) is 42.0 Å². The van der Waals surface area contributed by atoms with E-state index in [2.05, 4.69) is 0 Å². The summed E-state index contributed by atoms with van der Waals surface area (Å²) in [6.07, 6.45) is -1.08. The Morgan fingerprint density at radius 3 is 2.17 bits per heavy atom. The van der Waals surface area contributed by atoms with Gasteiger partial charge in [0, 0.05) is 0 Å². The lowest BCUT2D eigenvalue weighted by Crippen LogP contribution is -2.05. The van der Waals surface area contributed by atoms with E-state index in [1.807, 2.05) is 0 Å². The van der Waals surface area contributed by atoms with Gasteiger partial charge in [-0.25, -0.2) is 0 Å². The molecule has 1 aromatic rings. The highest BCUT2D eigenvalue weighted by molar-refractivity contribution is 6.35. The van der Waals surface area contributed by atoms with Crippen molar-refractivity contribution in [1.29, 1.82) is 0 Å². The Hall–Kier alpha value is -2.17. The van der Waals surface area contributed by atoms with Crippen LogP contribution in [-0.2, 0) is 15.8 Å². The fourth-order valence-electron chi connectivity index (χ4n) is 1.57. The predicted octanol–water partition coefficient (Wildman–Crippen LogP) is 2.80. The Morgan fingerprint density at radius 2 is 1.61 bits per heavy atom. The summed E-state index contributed by atoms with van der Waals surface area (Å²) in [6, 6.07) is 4.46. The molecule has 0 saturated heterocycles. The molecule has 0 unspecified atom stereocenters. The molecule has 0 heterocycles. The summed E-state index contributed by atoms with van der Waals surface area (Å²) in [4.78, 5) is 22.5. The van der Waals surface area contributed by atoms with Crippen LogP contribution in [0.4, 0.5) is 13.2 Å². The first kappa shape index (κ1) is 12.3. The quantitative estimate of drug-likeness (QED) is 0.569. The molecule has 0 fully saturated rings. The van der Waals surface area contributed by atoms with E-state index in [0.29, 0.717) is 0 Å². The van der Waals surface area contributed by atoms with Crippen LogP contribution in [0.5, 0.6) is 0 Å². The maximum absolute atomic E-state index is 12.5. The molecule has 0 aromatic heterocycles. The van der Waals surface area contributed by atoms with Gasteiger partial charge in [-0.3, -0.25) is 9.59 Å². The second-order valence-corrected chi connectivity index (χ2v) is 3.74. The van der Waals surface area contributed by atoms with Crippen LogP contribution in [0.2, 0.25) is 0 Å². The summed E-state index contributed by atoms with van der Waals surface area (Å²) in [5.74, 6) is -0.977. The number of alkyl halides is 3. The van der Waals surface area contributed by atoms with Crippen LogP contribution < -0.4 is 0 Å². The normalized spacial score (nSPS) is 15.4. The van der Waals surface area contributed by atoms with Crippen molar-refractivity contribution in [3.63, 3.8) is 0 Å². The highest BCUT2D eigenvalue weighted by atomic mass is 19.4. The molecule has 92 valence electrons. The SMILES string of the molecule is O=C1C=CC(=O)C1=Cc1cccc(C(F)(F)F)c1. The van der Waals surface area contributed by atoms with Gasteiger partial charge in [0.2, 0.25) is 0 Å². The van der Waals surface area contributed by atoms with E-state index in [1.54, 1.807) is 0 Å². The summed E-state index contributed by atoms with van der Waals surface area (Å²) < 4.78 is 37.4. The summed E-state index contributed by atoms with van der Waals surface area (Å²) in [5, 5.41) is 0. The van der Waals surface area contributed by atoms with Gasteiger partial charge in [0.05, 0.1) is 11.1 Å². The summed E-state index contributed by atoms with van der Waals surface area (Å²) in [6.45, 7) is 0. The number of allylic oxidation sites excluding steroid dienone is 3. The minimum Gasteiger partial charge on any atom is -0.289 e. The molecule has 0 amide bonds. The fraction of sp³-hybridized carbons (Fsp3) is 0.0769. The standard InChI is InChI=1S/C13H7F3O2/c14-13(15,16)9-3-1-2-8(6-9)7-10-11(17)4-5-12(10)18/h1-7H. The first-order valence-corrected chi connectivity index (χ1v) is 5.03. The van der Waals surface area contributed by atoms with Gasteiger partial charge >= 0.3 is 6.18 Å². The molecular weight excluding hydrogens is 245 g/mol. The van der Waals surface area contributed by atoms with Crippen LogP contribution in [0.3, 0.4) is 0 Å². The fourth-order valence-corrected chi connectivity index (χ4v) is 1.57. The van der Waals surface area contributed by atoms with Gasteiger partial charge in [-0.05, 0) is 35.9 Å². The average Bonchev–Trinajstić information content (AvgIpc) is 2.60. The van der Waals surface area contributed by atoms with Crippen molar-refractivity contribution < 1.29 is 22.8 Å². The van der Waals surface area contributed by atoms with Crippen molar-refractivity contribution >= 4 is 17.6 Å². The van der Waals surface area contributed by atoms with E-state index in [9.17, 15) is 22.8 Å². The van der Waals surface area contributed by atoms with Crippen molar-refractivity contribution in [3.05, 3.63) is 53.1 Å². The van der Waals surface area contributed by atoms with Gasteiger partial charge in [-0.1, -0.05) is 12.1 Å². The van der Waals surface area contributed by atoms with E-state index in [4.69, 9.17) is 0 Å². The Bertz CT molecular complexity index is 560. The monoisotopic (exact) mass is 252 g/mol. The van der Waals surface area contributed by atoms with E-state index in [1.165, 1.54) is 18.2 Å². The molecule has 0 atom stereocenters.